The molecule has 2 fully saturated rings. The van der Waals surface area contributed by atoms with Gasteiger partial charge in [0.05, 0.1) is 12.2 Å². The SMILES string of the molecule is CCCCCCCCCCCCC(O)CCCCCCCCC(=O)OC[C@@H]1O[C@@H](O[C@H]2O[C@H](COC(=O)CCCCCCCCC(O)CCCCCCCCCCCC)[C@@H](O)[C@H](O)[C@H]2O)[C@@H](O)[C@H](O)[C@H]1O. The maximum absolute atomic E-state index is 12.5. The standard InChI is InChI=1S/C56H106O15/c1-3-5-7-9-11-13-15-17-23-29-35-43(57)37-31-25-19-21-27-33-39-47(59)67-41-45-49(61)51(63)53(65)55(69-45)71-56-54(66)52(64)50(62)46(70-56)42-68-48(60)40-34-28-22-20-26-32-38-44(58)36-30-24-18-16-14-12-10-8-6-4-2/h43-46,49-58,61-66H,3-42H2,1-2H3/t43?,44?,45-,46+,49-,50+,51+,52-,53-,54+,55-,56+. The summed E-state index contributed by atoms with van der Waals surface area (Å²) in [5.74, 6) is -1.04. The number of unbranched alkanes of at least 4 members (excludes halogenated alkanes) is 28. The largest absolute Gasteiger partial charge is 0.463 e. The zero-order valence-corrected chi connectivity index (χ0v) is 44.6. The molecule has 15 heteroatoms. The topological polar surface area (TPSA) is 242 Å². The fraction of sp³-hybridized carbons (Fsp3) is 0.964. The van der Waals surface area contributed by atoms with E-state index in [-0.39, 0.29) is 25.0 Å². The van der Waals surface area contributed by atoms with Crippen LogP contribution in [0, 0.1) is 0 Å². The molecule has 71 heavy (non-hydrogen) atoms. The Morgan fingerprint density at radius 3 is 0.901 bits per heavy atom. The van der Waals surface area contributed by atoms with Crippen molar-refractivity contribution in [1.29, 1.82) is 0 Å². The van der Waals surface area contributed by atoms with Crippen LogP contribution in [0.25, 0.3) is 0 Å². The van der Waals surface area contributed by atoms with Crippen molar-refractivity contribution >= 4 is 11.9 Å². The van der Waals surface area contributed by atoms with Gasteiger partial charge in [-0.15, -0.1) is 0 Å². The van der Waals surface area contributed by atoms with E-state index < -0.39 is 86.6 Å². The normalized spacial score (nSPS) is 25.5. The maximum Gasteiger partial charge on any atom is 0.305 e. The Balaban J connectivity index is 1.57. The van der Waals surface area contributed by atoms with Gasteiger partial charge >= 0.3 is 11.9 Å². The van der Waals surface area contributed by atoms with Crippen molar-refractivity contribution in [3.05, 3.63) is 0 Å². The predicted molar refractivity (Wildman–Crippen MR) is 275 cm³/mol. The van der Waals surface area contributed by atoms with Gasteiger partial charge < -0.3 is 64.5 Å². The van der Waals surface area contributed by atoms with E-state index >= 15 is 0 Å². The molecule has 0 spiro atoms. The number of carbonyl (C=O) groups excluding carboxylic acids is 2. The Kier molecular flexibility index (Phi) is 39.5. The molecule has 8 N–H and O–H groups in total. The molecule has 0 aromatic heterocycles. The molecule has 2 aliphatic heterocycles. The number of aliphatic hydroxyl groups excluding tert-OH is 8. The lowest BCUT2D eigenvalue weighted by Gasteiger charge is -2.44. The molecule has 0 aliphatic carbocycles. The van der Waals surface area contributed by atoms with Crippen molar-refractivity contribution in [3.63, 3.8) is 0 Å². The van der Waals surface area contributed by atoms with Crippen LogP contribution < -0.4 is 0 Å². The van der Waals surface area contributed by atoms with E-state index in [1.54, 1.807) is 0 Å². The molecular weight excluding hydrogens is 913 g/mol. The smallest absolute Gasteiger partial charge is 0.305 e. The van der Waals surface area contributed by atoms with E-state index in [9.17, 15) is 50.4 Å². The number of hydrogen-bond acceptors (Lipinski definition) is 15. The summed E-state index contributed by atoms with van der Waals surface area (Å²) >= 11 is 0. The molecular formula is C56H106O15. The number of hydrogen-bond donors (Lipinski definition) is 8. The molecule has 0 aromatic carbocycles. The third-order valence-corrected chi connectivity index (χ3v) is 14.5. The lowest BCUT2D eigenvalue weighted by atomic mass is 9.98. The zero-order chi connectivity index (χ0) is 51.9. The summed E-state index contributed by atoms with van der Waals surface area (Å²) in [4.78, 5) is 25.1. The van der Waals surface area contributed by atoms with Gasteiger partial charge in [0.15, 0.2) is 12.6 Å². The van der Waals surface area contributed by atoms with Gasteiger partial charge in [0.2, 0.25) is 0 Å². The number of rotatable bonds is 46. The van der Waals surface area contributed by atoms with E-state index in [1.165, 1.54) is 116 Å². The second kappa shape index (κ2) is 42.7. The van der Waals surface area contributed by atoms with E-state index in [2.05, 4.69) is 13.8 Å². The van der Waals surface area contributed by atoms with Crippen molar-refractivity contribution in [2.45, 2.75) is 331 Å². The first-order valence-electron chi connectivity index (χ1n) is 29.1. The van der Waals surface area contributed by atoms with Crippen LogP contribution in [0.3, 0.4) is 0 Å². The highest BCUT2D eigenvalue weighted by molar-refractivity contribution is 5.69. The third-order valence-electron chi connectivity index (χ3n) is 14.5. The van der Waals surface area contributed by atoms with Crippen molar-refractivity contribution in [3.8, 4) is 0 Å². The van der Waals surface area contributed by atoms with Gasteiger partial charge in [-0.2, -0.15) is 0 Å². The van der Waals surface area contributed by atoms with Crippen LogP contribution in [0.1, 0.15) is 258 Å². The van der Waals surface area contributed by atoms with Gasteiger partial charge in [-0.1, -0.05) is 206 Å². The average Bonchev–Trinajstić information content (AvgIpc) is 3.36. The minimum absolute atomic E-state index is 0.145. The zero-order valence-electron chi connectivity index (χ0n) is 44.6. The fourth-order valence-corrected chi connectivity index (χ4v) is 9.70. The Labute approximate surface area is 429 Å². The van der Waals surface area contributed by atoms with E-state index in [0.29, 0.717) is 12.8 Å². The predicted octanol–water partition coefficient (Wildman–Crippen LogP) is 9.29. The summed E-state index contributed by atoms with van der Waals surface area (Å²) in [7, 11) is 0. The highest BCUT2D eigenvalue weighted by atomic mass is 16.8. The molecule has 0 bridgehead atoms. The molecule has 0 saturated carbocycles. The summed E-state index contributed by atoms with van der Waals surface area (Å²) in [6, 6.07) is 0. The Hall–Kier alpha value is -1.50. The molecule has 2 unspecified atom stereocenters. The molecule has 0 amide bonds. The van der Waals surface area contributed by atoms with Gasteiger partial charge in [0.1, 0.15) is 62.0 Å². The first-order chi connectivity index (χ1) is 34.4. The van der Waals surface area contributed by atoms with Gasteiger partial charge in [-0.25, -0.2) is 0 Å². The van der Waals surface area contributed by atoms with Crippen molar-refractivity contribution in [2.24, 2.45) is 0 Å². The van der Waals surface area contributed by atoms with Crippen molar-refractivity contribution in [2.75, 3.05) is 13.2 Å². The first kappa shape index (κ1) is 65.6. The molecule has 0 radical (unpaired) electrons. The number of esters is 2. The van der Waals surface area contributed by atoms with Crippen LogP contribution in [0.4, 0.5) is 0 Å². The quantitative estimate of drug-likeness (QED) is 0.0209. The molecule has 420 valence electrons. The fourth-order valence-electron chi connectivity index (χ4n) is 9.70. The van der Waals surface area contributed by atoms with Crippen molar-refractivity contribution < 1.29 is 74.1 Å². The van der Waals surface area contributed by atoms with Crippen LogP contribution in [0.5, 0.6) is 0 Å². The highest BCUT2D eigenvalue weighted by Gasteiger charge is 2.50. The van der Waals surface area contributed by atoms with E-state index in [4.69, 9.17) is 23.7 Å². The molecule has 2 saturated heterocycles. The van der Waals surface area contributed by atoms with Crippen LogP contribution in [-0.2, 0) is 33.3 Å². The van der Waals surface area contributed by atoms with Crippen LogP contribution in [-0.4, -0.2) is 140 Å². The number of carbonyl (C=O) groups is 2. The molecule has 15 nitrogen and oxygen atoms in total. The lowest BCUT2D eigenvalue weighted by Crippen LogP contribution is -2.64. The third kappa shape index (κ3) is 31.2. The molecule has 2 aliphatic rings. The monoisotopic (exact) mass is 1020 g/mol. The van der Waals surface area contributed by atoms with Crippen LogP contribution >= 0.6 is 0 Å². The number of ether oxygens (including phenoxy) is 5. The summed E-state index contributed by atoms with van der Waals surface area (Å²) < 4.78 is 27.6. The minimum Gasteiger partial charge on any atom is -0.463 e. The lowest BCUT2D eigenvalue weighted by molar-refractivity contribution is -0.376. The average molecular weight is 1020 g/mol. The van der Waals surface area contributed by atoms with Gasteiger partial charge in [0.25, 0.3) is 0 Å². The van der Waals surface area contributed by atoms with Gasteiger partial charge in [-0.3, -0.25) is 9.59 Å². The number of aliphatic hydroxyl groups is 8. The second-order valence-electron chi connectivity index (χ2n) is 21.1. The Morgan fingerprint density at radius 2 is 0.620 bits per heavy atom. The molecule has 2 rings (SSSR count). The Bertz CT molecular complexity index is 1170. The summed E-state index contributed by atoms with van der Waals surface area (Å²) in [6.45, 7) is 3.58. The molecule has 0 aromatic rings. The van der Waals surface area contributed by atoms with E-state index in [1.807, 2.05) is 0 Å². The highest BCUT2D eigenvalue weighted by Crippen LogP contribution is 2.29. The summed E-state index contributed by atoms with van der Waals surface area (Å²) in [5.41, 5.74) is 0. The first-order valence-corrected chi connectivity index (χ1v) is 29.1. The molecule has 12 atom stereocenters. The van der Waals surface area contributed by atoms with E-state index in [0.717, 1.165) is 103 Å². The summed E-state index contributed by atoms with van der Waals surface area (Å²) in [6.07, 6.45) is 23.2. The second-order valence-corrected chi connectivity index (χ2v) is 21.1. The van der Waals surface area contributed by atoms with Crippen molar-refractivity contribution in [1.82, 2.24) is 0 Å². The van der Waals surface area contributed by atoms with Crippen LogP contribution in [0.15, 0.2) is 0 Å². The van der Waals surface area contributed by atoms with Gasteiger partial charge in [-0.05, 0) is 38.5 Å². The maximum atomic E-state index is 12.5. The van der Waals surface area contributed by atoms with Gasteiger partial charge in [0, 0.05) is 12.8 Å². The minimum atomic E-state index is -1.83. The Morgan fingerprint density at radius 1 is 0.366 bits per heavy atom. The summed E-state index contributed by atoms with van der Waals surface area (Å²) in [5, 5.41) is 84.4. The molecule has 2 heterocycles. The van der Waals surface area contributed by atoms with Crippen LogP contribution in [0.2, 0.25) is 0 Å².